The number of nitrogens with two attached hydrogens (primary N) is 1. The summed E-state index contributed by atoms with van der Waals surface area (Å²) in [5.74, 6) is 0.113. The molecule has 1 aliphatic heterocycles. The largest absolute Gasteiger partial charge is 0.443 e. The average Bonchev–Trinajstić information content (AvgIpc) is 2.82. The number of piperidine rings is 1. The highest BCUT2D eigenvalue weighted by molar-refractivity contribution is 7.89. The van der Waals surface area contributed by atoms with Crippen LogP contribution in [0.1, 0.15) is 50.4 Å². The number of carbonyl (C=O) groups is 2. The van der Waals surface area contributed by atoms with E-state index in [9.17, 15) is 23.3 Å². The summed E-state index contributed by atoms with van der Waals surface area (Å²) in [5.41, 5.74) is 1.35. The molecule has 3 N–H and O–H groups in total. The number of benzene rings is 1. The van der Waals surface area contributed by atoms with Crippen molar-refractivity contribution < 1.29 is 22.7 Å². The van der Waals surface area contributed by atoms with Gasteiger partial charge in [-0.25, -0.2) is 18.4 Å². The van der Waals surface area contributed by atoms with Crippen molar-refractivity contribution in [1.29, 1.82) is 5.26 Å². The van der Waals surface area contributed by atoms with Gasteiger partial charge in [0.05, 0.1) is 16.1 Å². The lowest BCUT2D eigenvalue weighted by atomic mass is 9.90. The second-order valence-corrected chi connectivity index (χ2v) is 11.5. The van der Waals surface area contributed by atoms with Gasteiger partial charge >= 0.3 is 6.09 Å². The van der Waals surface area contributed by atoms with Gasteiger partial charge in [-0.05, 0) is 48.9 Å². The highest BCUT2D eigenvalue weighted by Gasteiger charge is 2.26. The molecule has 1 fully saturated rings. The smallest absolute Gasteiger partial charge is 0.410 e. The molecule has 2 aromatic rings. The van der Waals surface area contributed by atoms with Crippen molar-refractivity contribution in [1.82, 2.24) is 9.88 Å². The first kappa shape index (κ1) is 27.1. The molecular formula is C25H31N5O5S. The van der Waals surface area contributed by atoms with E-state index in [0.717, 1.165) is 24.8 Å². The lowest BCUT2D eigenvalue weighted by Gasteiger charge is -2.31. The van der Waals surface area contributed by atoms with Gasteiger partial charge in [-0.3, -0.25) is 9.78 Å². The molecule has 0 aliphatic carbocycles. The lowest BCUT2D eigenvalue weighted by molar-refractivity contribution is -0.123. The topological polar surface area (TPSA) is 155 Å². The Morgan fingerprint density at radius 3 is 2.42 bits per heavy atom. The fourth-order valence-electron chi connectivity index (χ4n) is 3.78. The number of amides is 2. The molecule has 1 aliphatic rings. The molecule has 0 unspecified atom stereocenters. The number of pyridine rings is 1. The first-order valence-electron chi connectivity index (χ1n) is 11.6. The Balaban J connectivity index is 1.54. The minimum absolute atomic E-state index is 0.0849. The Labute approximate surface area is 211 Å². The van der Waals surface area contributed by atoms with Gasteiger partial charge in [0.15, 0.2) is 0 Å². The fraction of sp³-hybridized carbons (Fsp3) is 0.440. The number of aromatic nitrogens is 1. The Hall–Kier alpha value is -3.49. The average molecular weight is 514 g/mol. The zero-order valence-corrected chi connectivity index (χ0v) is 21.5. The van der Waals surface area contributed by atoms with E-state index in [2.05, 4.69) is 10.3 Å². The first-order chi connectivity index (χ1) is 16.9. The third-order valence-corrected chi connectivity index (χ3v) is 6.94. The zero-order valence-electron chi connectivity index (χ0n) is 20.7. The Morgan fingerprint density at radius 1 is 1.22 bits per heavy atom. The van der Waals surface area contributed by atoms with Crippen LogP contribution in [0.3, 0.4) is 0 Å². The van der Waals surface area contributed by atoms with Crippen LogP contribution in [0, 0.1) is 22.7 Å². The molecule has 0 saturated carbocycles. The van der Waals surface area contributed by atoms with Gasteiger partial charge in [0.25, 0.3) is 0 Å². The summed E-state index contributed by atoms with van der Waals surface area (Å²) in [4.78, 5) is 31.0. The summed E-state index contributed by atoms with van der Waals surface area (Å²) in [6.07, 6.45) is 3.25. The summed E-state index contributed by atoms with van der Waals surface area (Å²) in [6.45, 7) is 6.24. The molecule has 3 rings (SSSR count). The summed E-state index contributed by atoms with van der Waals surface area (Å²) in [5, 5.41) is 17.1. The molecule has 2 heterocycles. The van der Waals surface area contributed by atoms with E-state index >= 15 is 0 Å². The van der Waals surface area contributed by atoms with Crippen LogP contribution in [-0.4, -0.2) is 43.4 Å². The van der Waals surface area contributed by atoms with Gasteiger partial charge in [0.2, 0.25) is 15.9 Å². The second kappa shape index (κ2) is 11.1. The van der Waals surface area contributed by atoms with Gasteiger partial charge < -0.3 is 15.0 Å². The van der Waals surface area contributed by atoms with Crippen molar-refractivity contribution in [3.05, 3.63) is 53.3 Å². The molecule has 10 nitrogen and oxygen atoms in total. The number of nitrogens with one attached hydrogen (secondary N) is 1. The number of hydrogen-bond acceptors (Lipinski definition) is 7. The third kappa shape index (κ3) is 7.26. The first-order valence-corrected chi connectivity index (χ1v) is 13.2. The van der Waals surface area contributed by atoms with Gasteiger partial charge in [-0.15, -0.1) is 0 Å². The fourth-order valence-corrected chi connectivity index (χ4v) is 4.29. The number of hydrogen-bond donors (Lipinski definition) is 2. The van der Waals surface area contributed by atoms with Gasteiger partial charge in [0, 0.05) is 24.7 Å². The summed E-state index contributed by atoms with van der Waals surface area (Å²) in [7, 11) is -3.71. The van der Waals surface area contributed by atoms with Crippen molar-refractivity contribution in [2.24, 2.45) is 16.5 Å². The minimum atomic E-state index is -3.71. The van der Waals surface area contributed by atoms with Crippen molar-refractivity contribution >= 4 is 27.7 Å². The molecule has 0 radical (unpaired) electrons. The standard InChI is InChI=1S/C25H31N5O5S/c1-25(2,3)23(31)29-21-13-19(14-26)15-28-22(21)16-35-24(32)30-10-8-18(9-11-30)12-17-4-6-20(7-5-17)36(27,33)34/h4-7,13,15,18H,8-12,16H2,1-3H3,(H,29,31)(H2,27,33,34). The molecule has 1 aromatic carbocycles. The molecule has 2 amide bonds. The molecule has 1 saturated heterocycles. The maximum absolute atomic E-state index is 12.7. The number of rotatable bonds is 6. The molecule has 0 spiro atoms. The number of ether oxygens (including phenoxy) is 1. The molecular weight excluding hydrogens is 482 g/mol. The van der Waals surface area contributed by atoms with Crippen molar-refractivity contribution in [2.45, 2.75) is 51.5 Å². The van der Waals surface area contributed by atoms with Gasteiger partial charge in [-0.2, -0.15) is 5.26 Å². The van der Waals surface area contributed by atoms with Crippen LogP contribution in [-0.2, 0) is 32.6 Å². The predicted octanol–water partition coefficient (Wildman–Crippen LogP) is 3.18. The van der Waals surface area contributed by atoms with Crippen LogP contribution in [0.15, 0.2) is 41.4 Å². The summed E-state index contributed by atoms with van der Waals surface area (Å²) < 4.78 is 28.3. The van der Waals surface area contributed by atoms with E-state index in [1.165, 1.54) is 24.4 Å². The monoisotopic (exact) mass is 513 g/mol. The number of carbonyl (C=O) groups excluding carboxylic acids is 2. The molecule has 0 bridgehead atoms. The highest BCUT2D eigenvalue weighted by atomic mass is 32.2. The van der Waals surface area contributed by atoms with Crippen LogP contribution in [0.25, 0.3) is 0 Å². The van der Waals surface area contributed by atoms with Crippen molar-refractivity contribution in [3.63, 3.8) is 0 Å². The van der Waals surface area contributed by atoms with Gasteiger partial charge in [0.1, 0.15) is 18.4 Å². The Kier molecular flexibility index (Phi) is 8.32. The van der Waals surface area contributed by atoms with E-state index in [-0.39, 0.29) is 23.0 Å². The quantitative estimate of drug-likeness (QED) is 0.601. The minimum Gasteiger partial charge on any atom is -0.443 e. The summed E-state index contributed by atoms with van der Waals surface area (Å²) >= 11 is 0. The van der Waals surface area contributed by atoms with E-state index in [1.807, 2.05) is 6.07 Å². The lowest BCUT2D eigenvalue weighted by Crippen LogP contribution is -2.39. The van der Waals surface area contributed by atoms with Crippen LogP contribution in [0.2, 0.25) is 0 Å². The van der Waals surface area contributed by atoms with Crippen LogP contribution < -0.4 is 10.5 Å². The number of anilines is 1. The van der Waals surface area contributed by atoms with Crippen LogP contribution in [0.5, 0.6) is 0 Å². The predicted molar refractivity (Wildman–Crippen MR) is 133 cm³/mol. The van der Waals surface area contributed by atoms with Crippen LogP contribution in [0.4, 0.5) is 10.5 Å². The Bertz CT molecular complexity index is 1260. The number of primary sulfonamides is 1. The SMILES string of the molecule is CC(C)(C)C(=O)Nc1cc(C#N)cnc1COC(=O)N1CCC(Cc2ccc(S(N)(=O)=O)cc2)CC1. The third-order valence-electron chi connectivity index (χ3n) is 6.01. The number of sulfonamides is 1. The van der Waals surface area contributed by atoms with Crippen molar-refractivity contribution in [3.8, 4) is 6.07 Å². The number of likely N-dealkylation sites (tertiary alicyclic amines) is 1. The maximum Gasteiger partial charge on any atom is 0.410 e. The zero-order chi connectivity index (χ0) is 26.5. The highest BCUT2D eigenvalue weighted by Crippen LogP contribution is 2.24. The van der Waals surface area contributed by atoms with Gasteiger partial charge in [-0.1, -0.05) is 32.9 Å². The number of nitrogens with zero attached hydrogens (tertiary/aromatic N) is 3. The molecule has 1 aromatic heterocycles. The molecule has 192 valence electrons. The second-order valence-electron chi connectivity index (χ2n) is 9.91. The molecule has 36 heavy (non-hydrogen) atoms. The van der Waals surface area contributed by atoms with E-state index in [0.29, 0.717) is 30.4 Å². The van der Waals surface area contributed by atoms with E-state index in [1.54, 1.807) is 37.8 Å². The van der Waals surface area contributed by atoms with E-state index in [4.69, 9.17) is 9.88 Å². The molecule has 0 atom stereocenters. The maximum atomic E-state index is 12.7. The molecule has 11 heteroatoms. The van der Waals surface area contributed by atoms with Crippen molar-refractivity contribution in [2.75, 3.05) is 18.4 Å². The Morgan fingerprint density at radius 2 is 1.86 bits per heavy atom. The normalized spacial score (nSPS) is 14.7. The number of nitriles is 1. The van der Waals surface area contributed by atoms with Crippen LogP contribution >= 0.6 is 0 Å². The van der Waals surface area contributed by atoms with E-state index < -0.39 is 21.5 Å². The summed E-state index contributed by atoms with van der Waals surface area (Å²) in [6, 6.07) is 10.0.